The van der Waals surface area contributed by atoms with Crippen molar-refractivity contribution in [1.82, 2.24) is 4.90 Å². The van der Waals surface area contributed by atoms with Crippen LogP contribution in [0.1, 0.15) is 32.6 Å². The predicted octanol–water partition coefficient (Wildman–Crippen LogP) is 5.95. The molecule has 0 bridgehead atoms. The molecule has 3 aromatic rings. The van der Waals surface area contributed by atoms with Crippen LogP contribution in [0.5, 0.6) is 17.2 Å². The number of methoxy groups -OCH3 is 1. The van der Waals surface area contributed by atoms with E-state index in [0.29, 0.717) is 21.8 Å². The summed E-state index contributed by atoms with van der Waals surface area (Å²) in [7, 11) is 1.46. The van der Waals surface area contributed by atoms with Gasteiger partial charge < -0.3 is 14.2 Å². The monoisotopic (exact) mass is 517 g/mol. The summed E-state index contributed by atoms with van der Waals surface area (Å²) in [6, 6.07) is 17.9. The predicted molar refractivity (Wildman–Crippen MR) is 143 cm³/mol. The highest BCUT2D eigenvalue weighted by atomic mass is 32.2. The Hall–Kier alpha value is -4.04. The van der Waals surface area contributed by atoms with Crippen LogP contribution in [0.2, 0.25) is 0 Å². The molecule has 0 spiro atoms. The van der Waals surface area contributed by atoms with Gasteiger partial charge in [0.1, 0.15) is 12.4 Å². The summed E-state index contributed by atoms with van der Waals surface area (Å²) in [5.41, 5.74) is 4.15. The fourth-order valence-corrected chi connectivity index (χ4v) is 4.53. The lowest BCUT2D eigenvalue weighted by atomic mass is 10.1. The smallest absolute Gasteiger partial charge is 0.343 e. The van der Waals surface area contributed by atoms with Crippen molar-refractivity contribution in [2.45, 2.75) is 20.8 Å². The second kappa shape index (κ2) is 11.3. The van der Waals surface area contributed by atoms with Crippen molar-refractivity contribution < 1.29 is 28.6 Å². The number of imide groups is 1. The van der Waals surface area contributed by atoms with Gasteiger partial charge in [0.2, 0.25) is 0 Å². The Labute approximate surface area is 220 Å². The summed E-state index contributed by atoms with van der Waals surface area (Å²) < 4.78 is 16.7. The van der Waals surface area contributed by atoms with Crippen LogP contribution >= 0.6 is 11.8 Å². The molecule has 0 aromatic heterocycles. The van der Waals surface area contributed by atoms with Gasteiger partial charge in [-0.3, -0.25) is 14.5 Å². The zero-order chi connectivity index (χ0) is 26.5. The molecule has 1 aliphatic rings. The van der Waals surface area contributed by atoms with Gasteiger partial charge in [0, 0.05) is 0 Å². The summed E-state index contributed by atoms with van der Waals surface area (Å²) in [5.74, 6) is 0.429. The van der Waals surface area contributed by atoms with Crippen LogP contribution in [-0.2, 0) is 4.79 Å². The molecule has 0 atom stereocenters. The summed E-state index contributed by atoms with van der Waals surface area (Å²) in [5, 5.41) is -0.351. The molecule has 1 fully saturated rings. The molecule has 1 aliphatic heterocycles. The highest BCUT2D eigenvalue weighted by Crippen LogP contribution is 2.35. The summed E-state index contributed by atoms with van der Waals surface area (Å²) in [6.45, 7) is 6.20. The van der Waals surface area contributed by atoms with Gasteiger partial charge in [0.05, 0.1) is 24.1 Å². The van der Waals surface area contributed by atoms with Crippen molar-refractivity contribution >= 4 is 35.0 Å². The Morgan fingerprint density at radius 3 is 2.35 bits per heavy atom. The number of carbonyl (C=O) groups is 3. The first-order valence-electron chi connectivity index (χ1n) is 11.7. The third-order valence-corrected chi connectivity index (χ3v) is 6.67. The average molecular weight is 518 g/mol. The molecular weight excluding hydrogens is 490 g/mol. The molecule has 0 saturated carbocycles. The first kappa shape index (κ1) is 26.0. The van der Waals surface area contributed by atoms with E-state index < -0.39 is 5.97 Å². The Morgan fingerprint density at radius 1 is 0.892 bits per heavy atom. The van der Waals surface area contributed by atoms with Crippen LogP contribution in [0, 0.1) is 20.8 Å². The van der Waals surface area contributed by atoms with Gasteiger partial charge in [-0.05, 0) is 85.6 Å². The number of nitrogens with zero attached hydrogens (tertiary/aromatic N) is 1. The number of amides is 2. The van der Waals surface area contributed by atoms with Crippen LogP contribution in [0.3, 0.4) is 0 Å². The van der Waals surface area contributed by atoms with Crippen LogP contribution < -0.4 is 14.2 Å². The average Bonchev–Trinajstić information content (AvgIpc) is 3.14. The number of hydrogen-bond donors (Lipinski definition) is 0. The number of aryl methyl sites for hydroxylation is 3. The molecule has 37 heavy (non-hydrogen) atoms. The molecule has 1 heterocycles. The fraction of sp³-hybridized carbons (Fsp3) is 0.207. The van der Waals surface area contributed by atoms with Gasteiger partial charge >= 0.3 is 5.97 Å². The number of carbonyl (C=O) groups excluding carboxylic acids is 3. The number of esters is 1. The zero-order valence-electron chi connectivity index (χ0n) is 21.1. The van der Waals surface area contributed by atoms with E-state index in [1.54, 1.807) is 36.4 Å². The minimum absolute atomic E-state index is 0.145. The van der Waals surface area contributed by atoms with E-state index >= 15 is 0 Å². The van der Waals surface area contributed by atoms with Crippen molar-refractivity contribution in [1.29, 1.82) is 0 Å². The van der Waals surface area contributed by atoms with Crippen LogP contribution in [0.15, 0.2) is 65.6 Å². The largest absolute Gasteiger partial charge is 0.493 e. The minimum Gasteiger partial charge on any atom is -0.493 e. The lowest BCUT2D eigenvalue weighted by molar-refractivity contribution is -0.123. The minimum atomic E-state index is -0.504. The standard InChI is InChI=1S/C29H27NO6S/c1-18-6-10-22(11-7-18)28(32)36-23-12-9-21(16-25(23)34-4)17-26-27(31)30(29(33)37-26)13-14-35-24-15-19(2)5-8-20(24)3/h5-12,15-17H,13-14H2,1-4H3/b26-17-. The third kappa shape index (κ3) is 6.21. The van der Waals surface area contributed by atoms with Gasteiger partial charge in [-0.2, -0.15) is 0 Å². The Balaban J connectivity index is 1.42. The second-order valence-corrected chi connectivity index (χ2v) is 9.61. The van der Waals surface area contributed by atoms with Gasteiger partial charge in [-0.25, -0.2) is 4.79 Å². The molecule has 1 saturated heterocycles. The van der Waals surface area contributed by atoms with Crippen LogP contribution in [0.25, 0.3) is 6.08 Å². The molecular formula is C29H27NO6S. The number of benzene rings is 3. The van der Waals surface area contributed by atoms with Crippen molar-refractivity contribution in [2.24, 2.45) is 0 Å². The lowest BCUT2D eigenvalue weighted by Crippen LogP contribution is -2.32. The maximum atomic E-state index is 12.9. The summed E-state index contributed by atoms with van der Waals surface area (Å²) >= 11 is 0.872. The SMILES string of the molecule is COc1cc(/C=C2\SC(=O)N(CCOc3cc(C)ccc3C)C2=O)ccc1OC(=O)c1ccc(C)cc1. The molecule has 3 aromatic carbocycles. The van der Waals surface area contributed by atoms with E-state index in [1.807, 2.05) is 51.1 Å². The number of thioether (sulfide) groups is 1. The Kier molecular flexibility index (Phi) is 7.98. The van der Waals surface area contributed by atoms with E-state index in [0.717, 1.165) is 34.2 Å². The van der Waals surface area contributed by atoms with Crippen molar-refractivity contribution in [3.8, 4) is 17.2 Å². The Bertz CT molecular complexity index is 1380. The van der Waals surface area contributed by atoms with E-state index in [-0.39, 0.29) is 30.0 Å². The molecule has 190 valence electrons. The zero-order valence-corrected chi connectivity index (χ0v) is 21.9. The van der Waals surface area contributed by atoms with Gasteiger partial charge in [0.25, 0.3) is 11.1 Å². The first-order chi connectivity index (χ1) is 17.7. The molecule has 0 radical (unpaired) electrons. The van der Waals surface area contributed by atoms with E-state index in [9.17, 15) is 14.4 Å². The second-order valence-electron chi connectivity index (χ2n) is 8.62. The molecule has 7 nitrogen and oxygen atoms in total. The Morgan fingerprint density at radius 2 is 1.62 bits per heavy atom. The van der Waals surface area contributed by atoms with Crippen molar-refractivity contribution in [3.05, 3.63) is 93.4 Å². The molecule has 0 unspecified atom stereocenters. The molecule has 0 N–H and O–H groups in total. The quantitative estimate of drug-likeness (QED) is 0.207. The van der Waals surface area contributed by atoms with E-state index in [4.69, 9.17) is 14.2 Å². The normalized spacial score (nSPS) is 14.3. The van der Waals surface area contributed by atoms with Gasteiger partial charge in [0.15, 0.2) is 11.5 Å². The van der Waals surface area contributed by atoms with Crippen molar-refractivity contribution in [3.63, 3.8) is 0 Å². The van der Waals surface area contributed by atoms with E-state index in [1.165, 1.54) is 12.0 Å². The fourth-order valence-electron chi connectivity index (χ4n) is 3.66. The number of rotatable bonds is 8. The topological polar surface area (TPSA) is 82.1 Å². The molecule has 0 aliphatic carbocycles. The maximum Gasteiger partial charge on any atom is 0.343 e. The van der Waals surface area contributed by atoms with Gasteiger partial charge in [-0.15, -0.1) is 0 Å². The maximum absolute atomic E-state index is 12.9. The molecule has 2 amide bonds. The summed E-state index contributed by atoms with van der Waals surface area (Å²) in [6.07, 6.45) is 1.62. The van der Waals surface area contributed by atoms with Crippen LogP contribution in [-0.4, -0.2) is 42.3 Å². The van der Waals surface area contributed by atoms with Crippen LogP contribution in [0.4, 0.5) is 4.79 Å². The van der Waals surface area contributed by atoms with Crippen molar-refractivity contribution in [2.75, 3.05) is 20.3 Å². The third-order valence-electron chi connectivity index (χ3n) is 5.77. The highest BCUT2D eigenvalue weighted by Gasteiger charge is 2.34. The molecule has 8 heteroatoms. The molecule has 4 rings (SSSR count). The van der Waals surface area contributed by atoms with E-state index in [2.05, 4.69) is 0 Å². The highest BCUT2D eigenvalue weighted by molar-refractivity contribution is 8.18. The lowest BCUT2D eigenvalue weighted by Gasteiger charge is -2.14. The number of ether oxygens (including phenoxy) is 3. The summed E-state index contributed by atoms with van der Waals surface area (Å²) in [4.78, 5) is 39.3. The number of hydrogen-bond acceptors (Lipinski definition) is 7. The van der Waals surface area contributed by atoms with Gasteiger partial charge in [-0.1, -0.05) is 35.9 Å². The first-order valence-corrected chi connectivity index (χ1v) is 12.5.